The van der Waals surface area contributed by atoms with E-state index >= 15 is 0 Å². The first-order chi connectivity index (χ1) is 9.74. The van der Waals surface area contributed by atoms with Crippen molar-refractivity contribution in [3.63, 3.8) is 0 Å². The molecular formula is C19H19N. The third-order valence-electron chi connectivity index (χ3n) is 3.92. The van der Waals surface area contributed by atoms with Crippen LogP contribution in [0.5, 0.6) is 0 Å². The number of allylic oxidation sites excluding steroid dienone is 6. The second-order valence-corrected chi connectivity index (χ2v) is 5.31. The Balaban J connectivity index is 1.65. The lowest BCUT2D eigenvalue weighted by Gasteiger charge is -2.09. The monoisotopic (exact) mass is 261 g/mol. The van der Waals surface area contributed by atoms with Gasteiger partial charge in [0, 0.05) is 11.7 Å². The number of benzene rings is 1. The van der Waals surface area contributed by atoms with Crippen molar-refractivity contribution in [1.82, 2.24) is 4.98 Å². The summed E-state index contributed by atoms with van der Waals surface area (Å²) < 4.78 is 0. The Morgan fingerprint density at radius 3 is 2.75 bits per heavy atom. The van der Waals surface area contributed by atoms with E-state index in [-0.39, 0.29) is 0 Å². The first kappa shape index (κ1) is 12.7. The van der Waals surface area contributed by atoms with Crippen LogP contribution in [-0.4, -0.2) is 4.98 Å². The van der Waals surface area contributed by atoms with E-state index in [0.29, 0.717) is 0 Å². The highest BCUT2D eigenvalue weighted by atomic mass is 14.7. The minimum atomic E-state index is 0.964. The van der Waals surface area contributed by atoms with E-state index in [0.717, 1.165) is 19.3 Å². The lowest BCUT2D eigenvalue weighted by atomic mass is 9.96. The van der Waals surface area contributed by atoms with Crippen LogP contribution in [0.25, 0.3) is 16.5 Å². The van der Waals surface area contributed by atoms with Gasteiger partial charge in [0.2, 0.25) is 0 Å². The molecule has 0 fully saturated rings. The van der Waals surface area contributed by atoms with Crippen LogP contribution in [0.3, 0.4) is 0 Å². The van der Waals surface area contributed by atoms with Crippen LogP contribution in [0.15, 0.2) is 73.0 Å². The average molecular weight is 261 g/mol. The molecule has 0 aliphatic heterocycles. The van der Waals surface area contributed by atoms with Crippen LogP contribution in [0, 0.1) is 0 Å². The van der Waals surface area contributed by atoms with Gasteiger partial charge in [0.25, 0.3) is 0 Å². The van der Waals surface area contributed by atoms with Gasteiger partial charge in [-0.25, -0.2) is 0 Å². The van der Waals surface area contributed by atoms with Gasteiger partial charge in [-0.2, -0.15) is 0 Å². The molecule has 0 amide bonds. The molecule has 0 unspecified atom stereocenters. The van der Waals surface area contributed by atoms with E-state index in [4.69, 9.17) is 0 Å². The molecule has 2 aromatic rings. The Bertz CT molecular complexity index is 725. The molecule has 1 heteroatoms. The lowest BCUT2D eigenvalue weighted by Crippen LogP contribution is -1.89. The molecule has 0 radical (unpaired) electrons. The Morgan fingerprint density at radius 1 is 1.10 bits per heavy atom. The summed E-state index contributed by atoms with van der Waals surface area (Å²) in [6.07, 6.45) is 11.4. The molecule has 1 aromatic carbocycles. The Kier molecular flexibility index (Phi) is 3.42. The summed E-state index contributed by atoms with van der Waals surface area (Å²) in [5, 5.41) is 1.24. The molecule has 1 aliphatic rings. The molecule has 20 heavy (non-hydrogen) atoms. The summed E-state index contributed by atoms with van der Waals surface area (Å²) in [7, 11) is 0. The second kappa shape index (κ2) is 5.38. The molecule has 0 saturated carbocycles. The predicted octanol–water partition coefficient (Wildman–Crippen LogP) is 5.40. The third-order valence-corrected chi connectivity index (χ3v) is 3.92. The average Bonchev–Trinajstić information content (AvgIpc) is 3.13. The first-order valence-electron chi connectivity index (χ1n) is 7.03. The number of H-pyrrole nitrogens is 1. The maximum atomic E-state index is 4.23. The van der Waals surface area contributed by atoms with Gasteiger partial charge < -0.3 is 4.98 Å². The highest BCUT2D eigenvalue weighted by Gasteiger charge is 2.07. The predicted molar refractivity (Wildman–Crippen MR) is 87.5 cm³/mol. The van der Waals surface area contributed by atoms with E-state index in [9.17, 15) is 0 Å². The number of rotatable bonds is 5. The zero-order chi connectivity index (χ0) is 13.9. The molecule has 0 saturated heterocycles. The molecule has 0 spiro atoms. The largest absolute Gasteiger partial charge is 0.361 e. The fourth-order valence-corrected chi connectivity index (χ4v) is 2.59. The highest BCUT2D eigenvalue weighted by molar-refractivity contribution is 5.83. The first-order valence-corrected chi connectivity index (χ1v) is 7.03. The molecule has 0 atom stereocenters. The topological polar surface area (TPSA) is 15.8 Å². The summed E-state index contributed by atoms with van der Waals surface area (Å²) in [6, 6.07) is 8.56. The minimum absolute atomic E-state index is 0.964. The summed E-state index contributed by atoms with van der Waals surface area (Å²) >= 11 is 0. The van der Waals surface area contributed by atoms with Crippen LogP contribution >= 0.6 is 0 Å². The number of aromatic nitrogens is 1. The van der Waals surface area contributed by atoms with Gasteiger partial charge in [-0.05, 0) is 59.6 Å². The maximum absolute atomic E-state index is 4.23. The van der Waals surface area contributed by atoms with Gasteiger partial charge in [-0.3, -0.25) is 0 Å². The van der Waals surface area contributed by atoms with Gasteiger partial charge in [0.05, 0.1) is 0 Å². The summed E-state index contributed by atoms with van der Waals surface area (Å²) in [6.45, 7) is 8.42. The quantitative estimate of drug-likeness (QED) is 0.741. The van der Waals surface area contributed by atoms with Crippen molar-refractivity contribution >= 4 is 16.5 Å². The van der Waals surface area contributed by atoms with Crippen LogP contribution in [-0.2, 0) is 0 Å². The molecule has 1 N–H and O–H groups in total. The molecule has 3 rings (SSSR count). The fourth-order valence-electron chi connectivity index (χ4n) is 2.59. The zero-order valence-corrected chi connectivity index (χ0v) is 11.7. The minimum Gasteiger partial charge on any atom is -0.361 e. The normalized spacial score (nSPS) is 13.7. The molecule has 100 valence electrons. The van der Waals surface area contributed by atoms with Crippen LogP contribution in [0.1, 0.15) is 24.8 Å². The second-order valence-electron chi connectivity index (χ2n) is 5.31. The zero-order valence-electron chi connectivity index (χ0n) is 11.7. The maximum Gasteiger partial charge on any atom is 0.0454 e. The van der Waals surface area contributed by atoms with E-state index in [1.165, 1.54) is 33.2 Å². The van der Waals surface area contributed by atoms with Crippen molar-refractivity contribution in [2.24, 2.45) is 0 Å². The Hall–Kier alpha value is -2.28. The molecule has 0 bridgehead atoms. The van der Waals surface area contributed by atoms with Gasteiger partial charge in [-0.1, -0.05) is 43.0 Å². The van der Waals surface area contributed by atoms with Crippen molar-refractivity contribution < 1.29 is 0 Å². The van der Waals surface area contributed by atoms with Gasteiger partial charge in [0.1, 0.15) is 0 Å². The molecule has 1 nitrogen and oxygen atoms in total. The molecule has 1 heterocycles. The number of aromatic amines is 1. The van der Waals surface area contributed by atoms with Gasteiger partial charge in [0.15, 0.2) is 0 Å². The number of hydrogen-bond acceptors (Lipinski definition) is 0. The molecule has 1 aromatic heterocycles. The Labute approximate surface area is 120 Å². The lowest BCUT2D eigenvalue weighted by molar-refractivity contribution is 0.994. The van der Waals surface area contributed by atoms with E-state index in [1.54, 1.807) is 0 Å². The Morgan fingerprint density at radius 2 is 1.95 bits per heavy atom. The summed E-state index contributed by atoms with van der Waals surface area (Å²) in [5.74, 6) is 0. The van der Waals surface area contributed by atoms with Gasteiger partial charge in [-0.15, -0.1) is 0 Å². The number of fused-ring (bicyclic) bond motifs is 1. The van der Waals surface area contributed by atoms with Crippen molar-refractivity contribution in [2.75, 3.05) is 0 Å². The SMILES string of the molecule is C=C(CCC(=C)c1ccc2[nH]ccc2c1)C1=CC=CC1. The smallest absolute Gasteiger partial charge is 0.0454 e. The standard InChI is InChI=1S/C19H19N/c1-14(16-5-3-4-6-16)7-8-15(2)17-9-10-19-18(13-17)11-12-20-19/h3-5,9-13,20H,1-2,6-8H2. The third kappa shape index (κ3) is 2.53. The van der Waals surface area contributed by atoms with Crippen LogP contribution in [0.2, 0.25) is 0 Å². The van der Waals surface area contributed by atoms with Crippen molar-refractivity contribution in [1.29, 1.82) is 0 Å². The van der Waals surface area contributed by atoms with E-state index in [1.807, 2.05) is 6.20 Å². The molecular weight excluding hydrogens is 242 g/mol. The van der Waals surface area contributed by atoms with Crippen molar-refractivity contribution in [3.05, 3.63) is 78.6 Å². The number of hydrogen-bond donors (Lipinski definition) is 1. The van der Waals surface area contributed by atoms with Gasteiger partial charge >= 0.3 is 0 Å². The molecule has 1 aliphatic carbocycles. The van der Waals surface area contributed by atoms with Crippen LogP contribution in [0.4, 0.5) is 0 Å². The van der Waals surface area contributed by atoms with Crippen molar-refractivity contribution in [3.8, 4) is 0 Å². The van der Waals surface area contributed by atoms with E-state index < -0.39 is 0 Å². The van der Waals surface area contributed by atoms with Crippen molar-refractivity contribution in [2.45, 2.75) is 19.3 Å². The summed E-state index contributed by atoms with van der Waals surface area (Å²) in [5.41, 5.74) is 6.18. The number of nitrogens with one attached hydrogen (secondary N) is 1. The van der Waals surface area contributed by atoms with E-state index in [2.05, 4.69) is 60.6 Å². The van der Waals surface area contributed by atoms with Crippen LogP contribution < -0.4 is 0 Å². The fraction of sp³-hybridized carbons (Fsp3) is 0.158. The summed E-state index contributed by atoms with van der Waals surface area (Å²) in [4.78, 5) is 3.21. The highest BCUT2D eigenvalue weighted by Crippen LogP contribution is 2.27.